The van der Waals surface area contributed by atoms with Crippen molar-refractivity contribution in [3.63, 3.8) is 0 Å². The molecule has 0 saturated carbocycles. The Bertz CT molecular complexity index is 670. The van der Waals surface area contributed by atoms with Crippen molar-refractivity contribution < 1.29 is 0 Å². The number of rotatable bonds is 14. The summed E-state index contributed by atoms with van der Waals surface area (Å²) in [4.78, 5) is 5.33. The van der Waals surface area contributed by atoms with Gasteiger partial charge in [-0.1, -0.05) is 80.9 Å². The van der Waals surface area contributed by atoms with Gasteiger partial charge in [-0.3, -0.25) is 0 Å². The van der Waals surface area contributed by atoms with E-state index in [9.17, 15) is 0 Å². The van der Waals surface area contributed by atoms with Gasteiger partial charge in [0.1, 0.15) is 0 Å². The summed E-state index contributed by atoms with van der Waals surface area (Å²) in [6, 6.07) is 22.8. The van der Waals surface area contributed by atoms with Crippen molar-refractivity contribution in [3.8, 4) is 0 Å². The smallest absolute Gasteiger partial charge is 0.0217 e. The largest absolute Gasteiger partial charge is 0.314 e. The number of hydrogen-bond donors (Lipinski definition) is 1. The topological polar surface area (TPSA) is 18.5 Å². The predicted molar refractivity (Wildman–Crippen MR) is 138 cm³/mol. The van der Waals surface area contributed by atoms with Crippen molar-refractivity contribution in [2.45, 2.75) is 64.3 Å². The number of piperidine rings is 1. The molecule has 0 radical (unpaired) electrons. The van der Waals surface area contributed by atoms with Crippen molar-refractivity contribution in [2.75, 3.05) is 45.8 Å². The molecule has 0 aromatic heterocycles. The molecule has 2 aromatic rings. The highest BCUT2D eigenvalue weighted by Crippen LogP contribution is 2.26. The highest BCUT2D eigenvalue weighted by Gasteiger charge is 2.23. The lowest BCUT2D eigenvalue weighted by molar-refractivity contribution is 0.191. The number of nitrogens with one attached hydrogen (secondary N) is 1. The summed E-state index contributed by atoms with van der Waals surface area (Å²) < 4.78 is 0. The van der Waals surface area contributed by atoms with Gasteiger partial charge in [-0.05, 0) is 82.5 Å². The minimum absolute atomic E-state index is 0.453. The van der Waals surface area contributed by atoms with Gasteiger partial charge in [0.2, 0.25) is 0 Å². The molecular formula is C29H45N3. The van der Waals surface area contributed by atoms with E-state index in [1.165, 1.54) is 82.4 Å². The van der Waals surface area contributed by atoms with Gasteiger partial charge in [0.25, 0.3) is 0 Å². The number of hydrogen-bond acceptors (Lipinski definition) is 3. The molecule has 1 aliphatic rings. The molecule has 3 heteroatoms. The van der Waals surface area contributed by atoms with Gasteiger partial charge < -0.3 is 15.1 Å². The minimum atomic E-state index is 0.453. The SMILES string of the molecule is CCCCN(CCC)CCCNC1CCN(CC(c2ccccc2)c2ccccc2)CC1. The van der Waals surface area contributed by atoms with Crippen LogP contribution in [0, 0.1) is 0 Å². The third-order valence-electron chi connectivity index (χ3n) is 6.88. The zero-order valence-corrected chi connectivity index (χ0v) is 20.5. The lowest BCUT2D eigenvalue weighted by atomic mass is 9.90. The van der Waals surface area contributed by atoms with E-state index in [2.05, 4.69) is 89.6 Å². The molecule has 3 nitrogen and oxygen atoms in total. The van der Waals surface area contributed by atoms with Crippen molar-refractivity contribution in [1.29, 1.82) is 0 Å². The van der Waals surface area contributed by atoms with Gasteiger partial charge in [-0.25, -0.2) is 0 Å². The lowest BCUT2D eigenvalue weighted by Gasteiger charge is -2.35. The average Bonchev–Trinajstić information content (AvgIpc) is 2.85. The first kappa shape index (κ1) is 25.0. The number of benzene rings is 2. The first-order valence-electron chi connectivity index (χ1n) is 13.1. The summed E-state index contributed by atoms with van der Waals surface area (Å²) in [7, 11) is 0. The summed E-state index contributed by atoms with van der Waals surface area (Å²) in [6.45, 7) is 13.0. The second kappa shape index (κ2) is 14.5. The lowest BCUT2D eigenvalue weighted by Crippen LogP contribution is -2.44. The summed E-state index contributed by atoms with van der Waals surface area (Å²) in [5, 5.41) is 3.86. The Morgan fingerprint density at radius 2 is 1.41 bits per heavy atom. The van der Waals surface area contributed by atoms with Gasteiger partial charge in [-0.15, -0.1) is 0 Å². The molecule has 0 aliphatic carbocycles. The van der Waals surface area contributed by atoms with Crippen LogP contribution in [0.4, 0.5) is 0 Å². The van der Waals surface area contributed by atoms with Crippen LogP contribution in [-0.4, -0.2) is 61.7 Å². The Morgan fingerprint density at radius 3 is 1.97 bits per heavy atom. The van der Waals surface area contributed by atoms with Gasteiger partial charge in [-0.2, -0.15) is 0 Å². The van der Waals surface area contributed by atoms with E-state index in [1.807, 2.05) is 0 Å². The molecule has 1 fully saturated rings. The van der Waals surface area contributed by atoms with Crippen molar-refractivity contribution >= 4 is 0 Å². The molecule has 0 atom stereocenters. The molecule has 3 rings (SSSR count). The number of likely N-dealkylation sites (tertiary alicyclic amines) is 1. The van der Waals surface area contributed by atoms with Gasteiger partial charge >= 0.3 is 0 Å². The molecule has 0 amide bonds. The van der Waals surface area contributed by atoms with Crippen LogP contribution in [0.5, 0.6) is 0 Å². The van der Waals surface area contributed by atoms with Crippen LogP contribution < -0.4 is 5.32 Å². The van der Waals surface area contributed by atoms with Gasteiger partial charge in [0.05, 0.1) is 0 Å². The summed E-state index contributed by atoms with van der Waals surface area (Å²) in [6.07, 6.45) is 7.71. The fourth-order valence-corrected chi connectivity index (χ4v) is 4.99. The van der Waals surface area contributed by atoms with E-state index in [0.29, 0.717) is 12.0 Å². The van der Waals surface area contributed by atoms with E-state index >= 15 is 0 Å². The van der Waals surface area contributed by atoms with Crippen LogP contribution in [0.25, 0.3) is 0 Å². The Labute approximate surface area is 197 Å². The Morgan fingerprint density at radius 1 is 0.812 bits per heavy atom. The van der Waals surface area contributed by atoms with Gasteiger partial charge in [0, 0.05) is 18.5 Å². The molecule has 1 saturated heterocycles. The standard InChI is InChI=1S/C29H45N3/c1-3-5-21-31(20-4-2)22-12-19-30-28-17-23-32(24-18-28)25-29(26-13-8-6-9-14-26)27-15-10-7-11-16-27/h6-11,13-16,28-30H,3-5,12,17-25H2,1-2H3. The first-order valence-corrected chi connectivity index (χ1v) is 13.1. The molecule has 32 heavy (non-hydrogen) atoms. The third-order valence-corrected chi connectivity index (χ3v) is 6.88. The molecule has 0 spiro atoms. The number of unbranched alkanes of at least 4 members (excludes halogenated alkanes) is 1. The van der Waals surface area contributed by atoms with E-state index < -0.39 is 0 Å². The molecule has 176 valence electrons. The van der Waals surface area contributed by atoms with Crippen molar-refractivity contribution in [1.82, 2.24) is 15.1 Å². The maximum absolute atomic E-state index is 3.86. The highest BCUT2D eigenvalue weighted by atomic mass is 15.1. The Kier molecular flexibility index (Phi) is 11.3. The van der Waals surface area contributed by atoms with E-state index in [-0.39, 0.29) is 0 Å². The highest BCUT2D eigenvalue weighted by molar-refractivity contribution is 5.32. The van der Waals surface area contributed by atoms with Crippen LogP contribution >= 0.6 is 0 Å². The van der Waals surface area contributed by atoms with E-state index in [0.717, 1.165) is 13.1 Å². The minimum Gasteiger partial charge on any atom is -0.314 e. The fraction of sp³-hybridized carbons (Fsp3) is 0.586. The molecule has 1 N–H and O–H groups in total. The van der Waals surface area contributed by atoms with Crippen LogP contribution in [0.2, 0.25) is 0 Å². The van der Waals surface area contributed by atoms with Crippen molar-refractivity contribution in [3.05, 3.63) is 71.8 Å². The summed E-state index contributed by atoms with van der Waals surface area (Å²) in [5.74, 6) is 0.453. The van der Waals surface area contributed by atoms with E-state index in [4.69, 9.17) is 0 Å². The fourth-order valence-electron chi connectivity index (χ4n) is 4.99. The van der Waals surface area contributed by atoms with Crippen LogP contribution in [-0.2, 0) is 0 Å². The predicted octanol–water partition coefficient (Wildman–Crippen LogP) is 5.77. The maximum atomic E-state index is 3.86. The maximum Gasteiger partial charge on any atom is 0.0217 e. The molecule has 1 aliphatic heterocycles. The Balaban J connectivity index is 1.41. The average molecular weight is 436 g/mol. The molecule has 0 unspecified atom stereocenters. The van der Waals surface area contributed by atoms with Crippen LogP contribution in [0.1, 0.15) is 69.4 Å². The second-order valence-electron chi connectivity index (χ2n) is 9.45. The second-order valence-corrected chi connectivity index (χ2v) is 9.45. The van der Waals surface area contributed by atoms with E-state index in [1.54, 1.807) is 0 Å². The van der Waals surface area contributed by atoms with Gasteiger partial charge in [0.15, 0.2) is 0 Å². The normalized spacial score (nSPS) is 15.6. The van der Waals surface area contributed by atoms with Crippen molar-refractivity contribution in [2.24, 2.45) is 0 Å². The summed E-state index contributed by atoms with van der Waals surface area (Å²) in [5.41, 5.74) is 2.86. The first-order chi connectivity index (χ1) is 15.8. The monoisotopic (exact) mass is 435 g/mol. The zero-order chi connectivity index (χ0) is 22.4. The summed E-state index contributed by atoms with van der Waals surface area (Å²) >= 11 is 0. The van der Waals surface area contributed by atoms with Crippen LogP contribution in [0.3, 0.4) is 0 Å². The Hall–Kier alpha value is -1.68. The molecule has 0 bridgehead atoms. The molecule has 2 aromatic carbocycles. The quantitative estimate of drug-likeness (QED) is 0.380. The van der Waals surface area contributed by atoms with Crippen LogP contribution in [0.15, 0.2) is 60.7 Å². The zero-order valence-electron chi connectivity index (χ0n) is 20.5. The third kappa shape index (κ3) is 8.35. The number of nitrogens with zero attached hydrogens (tertiary/aromatic N) is 2. The molecule has 1 heterocycles. The molecular weight excluding hydrogens is 390 g/mol.